The van der Waals surface area contributed by atoms with Gasteiger partial charge in [0.1, 0.15) is 55.4 Å². The zero-order valence-electron chi connectivity index (χ0n) is 37.9. The van der Waals surface area contributed by atoms with E-state index >= 15 is 0 Å². The maximum Gasteiger partial charge on any atom is 0.255 e. The Morgan fingerprint density at radius 1 is 0.864 bits per heavy atom. The van der Waals surface area contributed by atoms with Gasteiger partial charge in [0.2, 0.25) is 23.6 Å². The van der Waals surface area contributed by atoms with Crippen LogP contribution in [0.3, 0.4) is 0 Å². The van der Waals surface area contributed by atoms with Crippen LogP contribution < -0.4 is 47.9 Å². The van der Waals surface area contributed by atoms with E-state index in [-0.39, 0.29) is 57.8 Å². The van der Waals surface area contributed by atoms with E-state index in [4.69, 9.17) is 36.6 Å². The lowest BCUT2D eigenvalue weighted by atomic mass is 9.90. The lowest BCUT2D eigenvalue weighted by Crippen LogP contribution is -2.56. The van der Waals surface area contributed by atoms with E-state index in [1.54, 1.807) is 50.2 Å². The third-order valence-corrected chi connectivity index (χ3v) is 11.7. The van der Waals surface area contributed by atoms with E-state index in [0.717, 1.165) is 31.2 Å². The topological polar surface area (TPSA) is 283 Å². The van der Waals surface area contributed by atoms with Gasteiger partial charge in [-0.05, 0) is 112 Å². The molecule has 0 fully saturated rings. The smallest absolute Gasteiger partial charge is 0.255 e. The number of nitrogens with two attached hydrogens (primary N) is 3. The molecule has 348 valence electrons. The third-order valence-electron chi connectivity index (χ3n) is 11.7. The maximum absolute atomic E-state index is 14.7. The SMILES string of the molecule is Cc1nc(-c2ccc3c(c2)CCCC3)nc(C)c1C(=O)NC(CCN)C(=O)N(C)[C@@H]1C(=O)N[C@@H](C)C(=O)N[C@H](C(=O)NCC#N)Cc2ccc(OCCN)c(c2)-c2cc1ccc2OCCN. The first kappa shape index (κ1) is 48.5. The summed E-state index contributed by atoms with van der Waals surface area (Å²) in [6, 6.07) is 13.3. The minimum atomic E-state index is -1.40. The molecule has 2 aliphatic rings. The summed E-state index contributed by atoms with van der Waals surface area (Å²) in [4.78, 5) is 81.2. The molecular weight excluding hydrogens is 843 g/mol. The molecule has 1 aliphatic carbocycles. The van der Waals surface area contributed by atoms with Crippen molar-refractivity contribution in [3.8, 4) is 40.1 Å². The summed E-state index contributed by atoms with van der Waals surface area (Å²) in [7, 11) is 1.42. The molecule has 1 aliphatic heterocycles. The largest absolute Gasteiger partial charge is 0.492 e. The van der Waals surface area contributed by atoms with Crippen molar-refractivity contribution in [3.63, 3.8) is 0 Å². The number of hydrogen-bond acceptors (Lipinski definition) is 13. The monoisotopic (exact) mass is 901 g/mol. The van der Waals surface area contributed by atoms with Crippen LogP contribution >= 0.6 is 0 Å². The quantitative estimate of drug-likeness (QED) is 0.0840. The van der Waals surface area contributed by atoms with Crippen LogP contribution in [0.15, 0.2) is 54.6 Å². The number of aromatic nitrogens is 2. The molecule has 5 amide bonds. The number of nitriles is 1. The number of benzene rings is 3. The summed E-state index contributed by atoms with van der Waals surface area (Å²) in [5, 5.41) is 20.0. The van der Waals surface area contributed by atoms with Crippen molar-refractivity contribution in [3.05, 3.63) is 93.8 Å². The Bertz CT molecular complexity index is 2480. The minimum Gasteiger partial charge on any atom is -0.492 e. The number of fused-ring (bicyclic) bond motifs is 6. The Labute approximate surface area is 384 Å². The highest BCUT2D eigenvalue weighted by Crippen LogP contribution is 2.40. The fraction of sp³-hybridized carbons (Fsp3) is 0.417. The minimum absolute atomic E-state index is 0.00454. The van der Waals surface area contributed by atoms with Crippen molar-refractivity contribution in [1.82, 2.24) is 36.1 Å². The van der Waals surface area contributed by atoms with E-state index < -0.39 is 53.7 Å². The highest BCUT2D eigenvalue weighted by molar-refractivity contribution is 6.00. The first-order valence-electron chi connectivity index (χ1n) is 22.2. The lowest BCUT2D eigenvalue weighted by Gasteiger charge is -2.32. The average Bonchev–Trinajstić information content (AvgIpc) is 3.30. The summed E-state index contributed by atoms with van der Waals surface area (Å²) in [6.45, 7) is 5.27. The predicted octanol–water partition coefficient (Wildman–Crippen LogP) is 1.81. The number of aryl methyl sites for hydroxylation is 4. The molecule has 0 spiro atoms. The van der Waals surface area contributed by atoms with Gasteiger partial charge in [-0.1, -0.05) is 24.3 Å². The molecule has 1 unspecified atom stereocenters. The van der Waals surface area contributed by atoms with Gasteiger partial charge in [-0.15, -0.1) is 0 Å². The first-order valence-corrected chi connectivity index (χ1v) is 22.2. The highest BCUT2D eigenvalue weighted by Gasteiger charge is 2.36. The Balaban J connectivity index is 1.39. The fourth-order valence-electron chi connectivity index (χ4n) is 8.41. The van der Waals surface area contributed by atoms with Crippen molar-refractivity contribution in [1.29, 1.82) is 5.26 Å². The van der Waals surface area contributed by atoms with Gasteiger partial charge in [-0.2, -0.15) is 5.26 Å². The molecule has 6 rings (SSSR count). The molecule has 4 atom stereocenters. The highest BCUT2D eigenvalue weighted by atomic mass is 16.5. The molecule has 10 N–H and O–H groups in total. The number of rotatable bonds is 15. The number of hydrogen-bond donors (Lipinski definition) is 7. The fourth-order valence-corrected chi connectivity index (χ4v) is 8.41. The number of likely N-dealkylation sites (N-methyl/N-ethyl adjacent to an activating group) is 1. The van der Waals surface area contributed by atoms with Gasteiger partial charge >= 0.3 is 0 Å². The molecule has 18 heteroatoms. The molecule has 4 aromatic rings. The second-order valence-electron chi connectivity index (χ2n) is 16.5. The summed E-state index contributed by atoms with van der Waals surface area (Å²) >= 11 is 0. The molecule has 4 bridgehead atoms. The molecule has 2 heterocycles. The van der Waals surface area contributed by atoms with Crippen LogP contribution in [0.1, 0.15) is 76.2 Å². The lowest BCUT2D eigenvalue weighted by molar-refractivity contribution is -0.141. The second-order valence-corrected chi connectivity index (χ2v) is 16.5. The van der Waals surface area contributed by atoms with Crippen molar-refractivity contribution in [2.45, 2.75) is 83.5 Å². The number of nitrogens with zero attached hydrogens (tertiary/aromatic N) is 4. The van der Waals surface area contributed by atoms with Gasteiger partial charge in [0, 0.05) is 43.2 Å². The van der Waals surface area contributed by atoms with Crippen LogP contribution in [0, 0.1) is 25.2 Å². The molecule has 0 saturated heterocycles. The zero-order valence-corrected chi connectivity index (χ0v) is 37.9. The molecule has 3 aromatic carbocycles. The van der Waals surface area contributed by atoms with Crippen LogP contribution in [-0.4, -0.2) is 109 Å². The predicted molar refractivity (Wildman–Crippen MR) is 247 cm³/mol. The van der Waals surface area contributed by atoms with Crippen LogP contribution in [0.25, 0.3) is 22.5 Å². The summed E-state index contributed by atoms with van der Waals surface area (Å²) in [5.74, 6) is -2.03. The van der Waals surface area contributed by atoms with Gasteiger partial charge in [-0.3, -0.25) is 24.0 Å². The number of ether oxygens (including phenoxy) is 2. The van der Waals surface area contributed by atoms with Crippen molar-refractivity contribution < 1.29 is 33.4 Å². The van der Waals surface area contributed by atoms with Gasteiger partial charge in [0.25, 0.3) is 5.91 Å². The Morgan fingerprint density at radius 2 is 1.52 bits per heavy atom. The Hall–Kier alpha value is -6.94. The van der Waals surface area contributed by atoms with E-state index in [0.29, 0.717) is 51.0 Å². The van der Waals surface area contributed by atoms with Crippen molar-refractivity contribution in [2.24, 2.45) is 17.2 Å². The average molecular weight is 902 g/mol. The number of nitrogens with one attached hydrogen (secondary N) is 4. The van der Waals surface area contributed by atoms with E-state index in [1.165, 1.54) is 30.0 Å². The zero-order chi connectivity index (χ0) is 47.5. The van der Waals surface area contributed by atoms with Crippen molar-refractivity contribution in [2.75, 3.05) is 46.4 Å². The van der Waals surface area contributed by atoms with E-state index in [2.05, 4.69) is 33.4 Å². The van der Waals surface area contributed by atoms with Gasteiger partial charge < -0.3 is 52.8 Å². The summed E-state index contributed by atoms with van der Waals surface area (Å²) < 4.78 is 12.2. The van der Waals surface area contributed by atoms with E-state index in [1.807, 2.05) is 12.1 Å². The van der Waals surface area contributed by atoms with Crippen LogP contribution in [-0.2, 0) is 38.4 Å². The van der Waals surface area contributed by atoms with Crippen molar-refractivity contribution >= 4 is 29.5 Å². The first-order chi connectivity index (χ1) is 31.8. The van der Waals surface area contributed by atoms with Crippen LogP contribution in [0.5, 0.6) is 11.5 Å². The van der Waals surface area contributed by atoms with Crippen LogP contribution in [0.2, 0.25) is 0 Å². The second kappa shape index (κ2) is 22.3. The standard InChI is InChI=1S/C48H59N11O7/c1-27-41(28(2)55-43(54-27)34-11-10-31-7-5-6-8-32(31)25-34)46(62)57-37(15-16-49)48(64)59(4)42-33-12-14-40(66-22-19-52)36(26-33)35-23-30(9-13-39(35)65-21-18-51)24-38(45(61)53-20-17-50)58-44(60)29(3)56-47(42)63/h9-14,23,25-26,29,37-38,42H,5-8,15-16,18-22,24,49,51-52H2,1-4H3,(H,53,61)(H,56,63)(H,57,62)(H,58,60)/t29-,37?,38-,42-/m0/s1. The Morgan fingerprint density at radius 3 is 2.17 bits per heavy atom. The maximum atomic E-state index is 14.7. The number of amides is 5. The number of carbonyl (C=O) groups is 5. The molecular formula is C48H59N11O7. The molecule has 1 aromatic heterocycles. The molecule has 0 radical (unpaired) electrons. The van der Waals surface area contributed by atoms with Crippen LogP contribution in [0.4, 0.5) is 0 Å². The summed E-state index contributed by atoms with van der Waals surface area (Å²) in [6.07, 6.45) is 4.33. The molecule has 66 heavy (non-hydrogen) atoms. The number of carbonyl (C=O) groups excluding carboxylic acids is 5. The molecule has 0 saturated carbocycles. The third kappa shape index (κ3) is 11.3. The normalized spacial score (nSPS) is 17.4. The van der Waals surface area contributed by atoms with Gasteiger partial charge in [-0.25, -0.2) is 9.97 Å². The van der Waals surface area contributed by atoms with Gasteiger partial charge in [0.15, 0.2) is 5.82 Å². The Kier molecular flexibility index (Phi) is 16.4. The summed E-state index contributed by atoms with van der Waals surface area (Å²) in [5.41, 5.74) is 24.1. The van der Waals surface area contributed by atoms with E-state index in [9.17, 15) is 29.2 Å². The molecule has 18 nitrogen and oxygen atoms in total. The van der Waals surface area contributed by atoms with Gasteiger partial charge in [0.05, 0.1) is 23.0 Å².